The summed E-state index contributed by atoms with van der Waals surface area (Å²) in [4.78, 5) is 27.7. The topological polar surface area (TPSA) is 67.4 Å². The number of hydrogen-bond acceptors (Lipinski definition) is 6. The number of aryl methyl sites for hydroxylation is 1. The molecule has 3 aromatic rings. The molecule has 166 valence electrons. The molecule has 2 N–H and O–H groups in total. The second-order valence-electron chi connectivity index (χ2n) is 7.33. The van der Waals surface area contributed by atoms with Crippen LogP contribution in [-0.2, 0) is 17.6 Å². The normalized spacial score (nSPS) is 12.7. The Morgan fingerprint density at radius 3 is 2.75 bits per heavy atom. The highest BCUT2D eigenvalue weighted by atomic mass is 35.5. The first-order chi connectivity index (χ1) is 15.5. The zero-order valence-corrected chi connectivity index (χ0v) is 20.0. The molecular weight excluding hydrogens is 464 g/mol. The van der Waals surface area contributed by atoms with Gasteiger partial charge >= 0.3 is 5.97 Å². The summed E-state index contributed by atoms with van der Waals surface area (Å²) in [6.07, 6.45) is 3.92. The number of esters is 1. The highest BCUT2D eigenvalue weighted by Gasteiger charge is 2.27. The van der Waals surface area contributed by atoms with Crippen molar-refractivity contribution >= 4 is 57.5 Å². The molecule has 0 spiro atoms. The van der Waals surface area contributed by atoms with Crippen LogP contribution in [0.1, 0.15) is 50.9 Å². The van der Waals surface area contributed by atoms with Crippen molar-refractivity contribution < 1.29 is 14.3 Å². The molecule has 2 aromatic carbocycles. The zero-order valence-electron chi connectivity index (χ0n) is 17.6. The van der Waals surface area contributed by atoms with Gasteiger partial charge in [-0.15, -0.1) is 11.3 Å². The van der Waals surface area contributed by atoms with E-state index in [1.807, 2.05) is 42.5 Å². The minimum Gasteiger partial charge on any atom is -0.462 e. The number of carbonyl (C=O) groups is 2. The van der Waals surface area contributed by atoms with Gasteiger partial charge in [-0.25, -0.2) is 4.79 Å². The number of amides is 1. The lowest BCUT2D eigenvalue weighted by molar-refractivity contribution is 0.0526. The second kappa shape index (κ2) is 10.4. The second-order valence-corrected chi connectivity index (χ2v) is 9.75. The van der Waals surface area contributed by atoms with Crippen molar-refractivity contribution in [3.05, 3.63) is 75.1 Å². The van der Waals surface area contributed by atoms with E-state index in [4.69, 9.17) is 16.3 Å². The fourth-order valence-electron chi connectivity index (χ4n) is 3.62. The molecule has 1 aromatic heterocycles. The number of carbonyl (C=O) groups excluding carboxylic acids is 2. The molecule has 0 saturated carbocycles. The van der Waals surface area contributed by atoms with Crippen LogP contribution in [0.2, 0.25) is 5.02 Å². The number of nitrogens with one attached hydrogen (secondary N) is 2. The zero-order chi connectivity index (χ0) is 22.5. The van der Waals surface area contributed by atoms with Gasteiger partial charge in [-0.3, -0.25) is 4.79 Å². The molecule has 32 heavy (non-hydrogen) atoms. The van der Waals surface area contributed by atoms with Crippen LogP contribution in [0.25, 0.3) is 0 Å². The molecule has 5 nitrogen and oxygen atoms in total. The van der Waals surface area contributed by atoms with Crippen LogP contribution in [0.4, 0.5) is 10.7 Å². The summed E-state index contributed by atoms with van der Waals surface area (Å²) in [6, 6.07) is 14.8. The Bertz CT molecular complexity index is 1150. The summed E-state index contributed by atoms with van der Waals surface area (Å²) in [5, 5.41) is 4.20. The van der Waals surface area contributed by atoms with Crippen molar-refractivity contribution in [2.75, 3.05) is 16.6 Å². The van der Waals surface area contributed by atoms with Crippen LogP contribution in [-0.4, -0.2) is 18.5 Å². The van der Waals surface area contributed by atoms with E-state index in [1.165, 1.54) is 28.2 Å². The summed E-state index contributed by atoms with van der Waals surface area (Å²) in [5.74, 6) is -0.614. The van der Waals surface area contributed by atoms with Gasteiger partial charge in [-0.05, 0) is 86.5 Å². The minimum absolute atomic E-state index is 0.251. The SMILES string of the molecule is CCOC(=O)c1c(NC(=O)c2cccc(SNc3cccc(Cl)c3)c2)sc2c1CCCC2. The molecule has 0 atom stereocenters. The third-order valence-corrected chi connectivity index (χ3v) is 7.36. The van der Waals surface area contributed by atoms with Crippen molar-refractivity contribution in [2.24, 2.45) is 0 Å². The van der Waals surface area contributed by atoms with E-state index in [1.54, 1.807) is 13.0 Å². The number of benzene rings is 2. The smallest absolute Gasteiger partial charge is 0.341 e. The van der Waals surface area contributed by atoms with Crippen molar-refractivity contribution in [1.82, 2.24) is 0 Å². The Balaban J connectivity index is 1.51. The highest BCUT2D eigenvalue weighted by molar-refractivity contribution is 8.00. The molecule has 1 aliphatic rings. The van der Waals surface area contributed by atoms with E-state index in [0.717, 1.165) is 41.8 Å². The van der Waals surface area contributed by atoms with Gasteiger partial charge in [0.05, 0.1) is 12.2 Å². The first-order valence-electron chi connectivity index (χ1n) is 10.5. The molecule has 0 aliphatic heterocycles. The third kappa shape index (κ3) is 5.28. The fraction of sp³-hybridized carbons (Fsp3) is 0.250. The molecular formula is C24H23ClN2O3S2. The van der Waals surface area contributed by atoms with Gasteiger partial charge in [0.25, 0.3) is 5.91 Å². The molecule has 1 heterocycles. The van der Waals surface area contributed by atoms with Crippen molar-refractivity contribution in [3.8, 4) is 0 Å². The summed E-state index contributed by atoms with van der Waals surface area (Å²) < 4.78 is 8.51. The lowest BCUT2D eigenvalue weighted by atomic mass is 9.95. The van der Waals surface area contributed by atoms with Crippen LogP contribution in [0.15, 0.2) is 53.4 Å². The molecule has 0 unspecified atom stereocenters. The van der Waals surface area contributed by atoms with Crippen LogP contribution in [0, 0.1) is 0 Å². The average molecular weight is 487 g/mol. The predicted molar refractivity (Wildman–Crippen MR) is 132 cm³/mol. The van der Waals surface area contributed by atoms with E-state index in [2.05, 4.69) is 10.0 Å². The van der Waals surface area contributed by atoms with Gasteiger partial charge in [0, 0.05) is 26.0 Å². The average Bonchev–Trinajstić information content (AvgIpc) is 3.16. The van der Waals surface area contributed by atoms with Crippen LogP contribution in [0.3, 0.4) is 0 Å². The summed E-state index contributed by atoms with van der Waals surface area (Å²) in [6.45, 7) is 2.09. The summed E-state index contributed by atoms with van der Waals surface area (Å²) in [5.41, 5.74) is 2.95. The number of thiophene rings is 1. The minimum atomic E-state index is -0.364. The molecule has 1 aliphatic carbocycles. The quantitative estimate of drug-likeness (QED) is 0.283. The molecule has 0 radical (unpaired) electrons. The fourth-order valence-corrected chi connectivity index (χ4v) is 5.78. The Morgan fingerprint density at radius 1 is 1.12 bits per heavy atom. The third-order valence-electron chi connectivity index (χ3n) is 5.09. The number of ether oxygens (including phenoxy) is 1. The van der Waals surface area contributed by atoms with Gasteiger partial charge in [-0.2, -0.15) is 0 Å². The van der Waals surface area contributed by atoms with Crippen molar-refractivity contribution in [1.29, 1.82) is 0 Å². The van der Waals surface area contributed by atoms with Gasteiger partial charge in [0.15, 0.2) is 0 Å². The van der Waals surface area contributed by atoms with Crippen LogP contribution < -0.4 is 10.0 Å². The van der Waals surface area contributed by atoms with Crippen molar-refractivity contribution in [3.63, 3.8) is 0 Å². The lowest BCUT2D eigenvalue weighted by Crippen LogP contribution is -2.15. The van der Waals surface area contributed by atoms with E-state index in [-0.39, 0.29) is 11.9 Å². The molecule has 8 heteroatoms. The first-order valence-corrected chi connectivity index (χ1v) is 12.5. The van der Waals surface area contributed by atoms with Gasteiger partial charge in [0.2, 0.25) is 0 Å². The van der Waals surface area contributed by atoms with E-state index < -0.39 is 0 Å². The lowest BCUT2D eigenvalue weighted by Gasteiger charge is -2.12. The van der Waals surface area contributed by atoms with Crippen LogP contribution >= 0.6 is 34.9 Å². The van der Waals surface area contributed by atoms with Gasteiger partial charge < -0.3 is 14.8 Å². The predicted octanol–water partition coefficient (Wildman–Crippen LogP) is 6.83. The van der Waals surface area contributed by atoms with E-state index in [9.17, 15) is 9.59 Å². The largest absolute Gasteiger partial charge is 0.462 e. The van der Waals surface area contributed by atoms with Gasteiger partial charge in [-0.1, -0.05) is 23.7 Å². The number of halogens is 1. The monoisotopic (exact) mass is 486 g/mol. The summed E-state index contributed by atoms with van der Waals surface area (Å²) in [7, 11) is 0. The van der Waals surface area contributed by atoms with E-state index in [0.29, 0.717) is 27.8 Å². The van der Waals surface area contributed by atoms with E-state index >= 15 is 0 Å². The maximum Gasteiger partial charge on any atom is 0.341 e. The number of rotatable bonds is 7. The van der Waals surface area contributed by atoms with Gasteiger partial charge in [0.1, 0.15) is 5.00 Å². The Labute approximate surface area is 200 Å². The van der Waals surface area contributed by atoms with Crippen LogP contribution in [0.5, 0.6) is 0 Å². The first kappa shape index (κ1) is 22.7. The molecule has 1 amide bonds. The maximum absolute atomic E-state index is 13.0. The number of anilines is 2. The Kier molecular flexibility index (Phi) is 7.40. The maximum atomic E-state index is 13.0. The Morgan fingerprint density at radius 2 is 1.94 bits per heavy atom. The number of fused-ring (bicyclic) bond motifs is 1. The molecule has 0 bridgehead atoms. The standard InChI is InChI=1S/C24H23ClN2O3S2/c1-2-30-24(29)21-19-11-3-4-12-20(19)31-23(21)26-22(28)15-7-5-10-18(13-15)32-27-17-9-6-8-16(25)14-17/h5-10,13-14,27H,2-4,11-12H2,1H3,(H,26,28). The summed E-state index contributed by atoms with van der Waals surface area (Å²) >= 11 is 8.91. The molecule has 4 rings (SSSR count). The number of hydrogen-bond donors (Lipinski definition) is 2. The van der Waals surface area contributed by atoms with Crippen molar-refractivity contribution in [2.45, 2.75) is 37.5 Å². The molecule has 0 saturated heterocycles. The Hall–Kier alpha value is -2.48. The molecule has 0 fully saturated rings. The highest BCUT2D eigenvalue weighted by Crippen LogP contribution is 2.39.